The molecule has 0 saturated carbocycles. The molecule has 0 radical (unpaired) electrons. The first-order valence-corrected chi connectivity index (χ1v) is 8.33. The Bertz CT molecular complexity index is 592. The molecule has 0 atom stereocenters. The normalized spacial score (nSPS) is 12.3. The lowest BCUT2D eigenvalue weighted by atomic mass is 10.00. The Labute approximate surface area is 143 Å². The van der Waals surface area contributed by atoms with E-state index in [4.69, 9.17) is 0 Å². The predicted molar refractivity (Wildman–Crippen MR) is 97.2 cm³/mol. The summed E-state index contributed by atoms with van der Waals surface area (Å²) in [5, 5.41) is 25.2. The van der Waals surface area contributed by atoms with E-state index in [1.54, 1.807) is 0 Å². The molecule has 0 saturated heterocycles. The monoisotopic (exact) mass is 324 g/mol. The molecule has 0 unspecified atom stereocenters. The third-order valence-corrected chi connectivity index (χ3v) is 4.02. The number of hydrogen-bond acceptors (Lipinski definition) is 4. The van der Waals surface area contributed by atoms with Crippen molar-refractivity contribution in [3.05, 3.63) is 71.8 Å². The van der Waals surface area contributed by atoms with Gasteiger partial charge in [-0.05, 0) is 49.7 Å². The molecule has 0 heterocycles. The average Bonchev–Trinajstić information content (AvgIpc) is 2.65. The van der Waals surface area contributed by atoms with E-state index in [1.165, 1.54) is 11.1 Å². The third kappa shape index (κ3) is 5.88. The molecule has 126 valence electrons. The molecular formula is C20H24N2O2. The minimum atomic E-state index is 0.474. The molecule has 24 heavy (non-hydrogen) atoms. The Morgan fingerprint density at radius 1 is 0.625 bits per heavy atom. The molecule has 4 heteroatoms. The molecule has 2 N–H and O–H groups in total. The maximum atomic E-state index is 9.24. The molecule has 0 aliphatic heterocycles. The van der Waals surface area contributed by atoms with Crippen molar-refractivity contribution < 1.29 is 10.4 Å². The first-order chi connectivity index (χ1) is 11.8. The first kappa shape index (κ1) is 17.7. The van der Waals surface area contributed by atoms with Crippen molar-refractivity contribution >= 4 is 11.4 Å². The molecule has 4 nitrogen and oxygen atoms in total. The Morgan fingerprint density at radius 2 is 1.00 bits per heavy atom. The van der Waals surface area contributed by atoms with E-state index in [2.05, 4.69) is 34.6 Å². The van der Waals surface area contributed by atoms with Crippen LogP contribution in [0, 0.1) is 0 Å². The highest BCUT2D eigenvalue weighted by atomic mass is 16.4. The predicted octanol–water partition coefficient (Wildman–Crippen LogP) is 4.69. The number of oxime groups is 2. The SMILES string of the molecule is O/N=C(CCCc1ccccc1)\C(CCCc1ccccc1)=N/O. The zero-order valence-electron chi connectivity index (χ0n) is 13.8. The van der Waals surface area contributed by atoms with Crippen LogP contribution in [0.5, 0.6) is 0 Å². The minimum Gasteiger partial charge on any atom is -0.411 e. The van der Waals surface area contributed by atoms with E-state index in [0.717, 1.165) is 25.7 Å². The summed E-state index contributed by atoms with van der Waals surface area (Å²) in [6.45, 7) is 0. The lowest BCUT2D eigenvalue weighted by molar-refractivity contribution is 0.312. The lowest BCUT2D eigenvalue weighted by Crippen LogP contribution is -2.15. The Morgan fingerprint density at radius 3 is 1.33 bits per heavy atom. The van der Waals surface area contributed by atoms with Gasteiger partial charge < -0.3 is 10.4 Å². The fourth-order valence-electron chi connectivity index (χ4n) is 2.71. The van der Waals surface area contributed by atoms with Crippen LogP contribution >= 0.6 is 0 Å². The maximum absolute atomic E-state index is 9.24. The lowest BCUT2D eigenvalue weighted by Gasteiger charge is -2.07. The summed E-state index contributed by atoms with van der Waals surface area (Å²) in [6.07, 6.45) is 4.69. The fraction of sp³-hybridized carbons (Fsp3) is 0.300. The van der Waals surface area contributed by atoms with Gasteiger partial charge >= 0.3 is 0 Å². The second-order valence-corrected chi connectivity index (χ2v) is 5.77. The van der Waals surface area contributed by atoms with Gasteiger partial charge in [0.2, 0.25) is 0 Å². The zero-order chi connectivity index (χ0) is 17.0. The van der Waals surface area contributed by atoms with Crippen molar-refractivity contribution in [1.82, 2.24) is 0 Å². The highest BCUT2D eigenvalue weighted by molar-refractivity contribution is 6.42. The van der Waals surface area contributed by atoms with E-state index >= 15 is 0 Å². The van der Waals surface area contributed by atoms with Gasteiger partial charge in [-0.15, -0.1) is 0 Å². The van der Waals surface area contributed by atoms with Crippen LogP contribution < -0.4 is 0 Å². The number of rotatable bonds is 9. The van der Waals surface area contributed by atoms with E-state index in [1.807, 2.05) is 36.4 Å². The van der Waals surface area contributed by atoms with Crippen molar-refractivity contribution in [3.8, 4) is 0 Å². The number of aryl methyl sites for hydroxylation is 2. The molecule has 0 amide bonds. The first-order valence-electron chi connectivity index (χ1n) is 8.33. The fourth-order valence-corrected chi connectivity index (χ4v) is 2.71. The van der Waals surface area contributed by atoms with Crippen LogP contribution in [0.1, 0.15) is 36.8 Å². The quantitative estimate of drug-likeness (QED) is 0.399. The summed E-state index contributed by atoms with van der Waals surface area (Å²) in [6, 6.07) is 20.4. The van der Waals surface area contributed by atoms with Crippen LogP contribution in [0.3, 0.4) is 0 Å². The number of benzene rings is 2. The molecule has 2 aromatic rings. The van der Waals surface area contributed by atoms with E-state index in [0.29, 0.717) is 24.3 Å². The summed E-state index contributed by atoms with van der Waals surface area (Å²) in [5.74, 6) is 0. The van der Waals surface area contributed by atoms with Crippen LogP contribution in [0.15, 0.2) is 71.0 Å². The molecule has 2 aromatic carbocycles. The van der Waals surface area contributed by atoms with Crippen LogP contribution in [0.4, 0.5) is 0 Å². The standard InChI is InChI=1S/C20H24N2O2/c23-21-19(15-7-13-17-9-3-1-4-10-17)20(22-24)16-8-14-18-11-5-2-6-12-18/h1-6,9-12,23-24H,7-8,13-16H2/b21-19-,22-20-. The molecule has 2 rings (SSSR count). The molecule has 0 aliphatic carbocycles. The van der Waals surface area contributed by atoms with Crippen molar-refractivity contribution in [3.63, 3.8) is 0 Å². The molecule has 0 spiro atoms. The molecule has 0 fully saturated rings. The van der Waals surface area contributed by atoms with Gasteiger partial charge in [-0.2, -0.15) is 0 Å². The summed E-state index contributed by atoms with van der Waals surface area (Å²) >= 11 is 0. The number of hydrogen-bond donors (Lipinski definition) is 2. The van der Waals surface area contributed by atoms with Crippen molar-refractivity contribution in [2.45, 2.75) is 38.5 Å². The van der Waals surface area contributed by atoms with Gasteiger partial charge in [0.15, 0.2) is 0 Å². The minimum absolute atomic E-state index is 0.474. The van der Waals surface area contributed by atoms with Gasteiger partial charge in [0.05, 0.1) is 0 Å². The Balaban J connectivity index is 1.79. The Kier molecular flexibility index (Phi) is 7.54. The largest absolute Gasteiger partial charge is 0.411 e. The highest BCUT2D eigenvalue weighted by Crippen LogP contribution is 2.10. The molecular weight excluding hydrogens is 300 g/mol. The summed E-state index contributed by atoms with van der Waals surface area (Å²) in [4.78, 5) is 0. The Hall–Kier alpha value is -2.62. The summed E-state index contributed by atoms with van der Waals surface area (Å²) < 4.78 is 0. The third-order valence-electron chi connectivity index (χ3n) is 4.02. The molecule has 0 aliphatic rings. The smallest absolute Gasteiger partial charge is 0.104 e. The second kappa shape index (κ2) is 10.2. The molecule has 0 bridgehead atoms. The highest BCUT2D eigenvalue weighted by Gasteiger charge is 2.11. The van der Waals surface area contributed by atoms with E-state index in [9.17, 15) is 10.4 Å². The summed E-state index contributed by atoms with van der Waals surface area (Å²) in [7, 11) is 0. The van der Waals surface area contributed by atoms with Gasteiger partial charge in [0.1, 0.15) is 11.4 Å². The van der Waals surface area contributed by atoms with Gasteiger partial charge in [0, 0.05) is 0 Å². The van der Waals surface area contributed by atoms with E-state index < -0.39 is 0 Å². The van der Waals surface area contributed by atoms with Crippen molar-refractivity contribution in [2.24, 2.45) is 10.3 Å². The van der Waals surface area contributed by atoms with E-state index in [-0.39, 0.29) is 0 Å². The average molecular weight is 324 g/mol. The van der Waals surface area contributed by atoms with Gasteiger partial charge in [-0.3, -0.25) is 0 Å². The van der Waals surface area contributed by atoms with Crippen molar-refractivity contribution in [1.29, 1.82) is 0 Å². The van der Waals surface area contributed by atoms with Crippen LogP contribution in [0.2, 0.25) is 0 Å². The second-order valence-electron chi connectivity index (χ2n) is 5.77. The van der Waals surface area contributed by atoms with Crippen LogP contribution in [-0.2, 0) is 12.8 Å². The topological polar surface area (TPSA) is 65.2 Å². The maximum Gasteiger partial charge on any atom is 0.104 e. The van der Waals surface area contributed by atoms with Gasteiger partial charge in [-0.25, -0.2) is 0 Å². The van der Waals surface area contributed by atoms with Gasteiger partial charge in [-0.1, -0.05) is 71.0 Å². The number of nitrogens with zero attached hydrogens (tertiary/aromatic N) is 2. The van der Waals surface area contributed by atoms with Gasteiger partial charge in [0.25, 0.3) is 0 Å². The van der Waals surface area contributed by atoms with Crippen LogP contribution in [0.25, 0.3) is 0 Å². The zero-order valence-corrected chi connectivity index (χ0v) is 13.8. The van der Waals surface area contributed by atoms with Crippen molar-refractivity contribution in [2.75, 3.05) is 0 Å². The molecule has 0 aromatic heterocycles. The summed E-state index contributed by atoms with van der Waals surface area (Å²) in [5.41, 5.74) is 3.45. The van der Waals surface area contributed by atoms with Crippen LogP contribution in [-0.4, -0.2) is 21.8 Å².